The largest absolute Gasteiger partial charge is 0.208 e. The summed E-state index contributed by atoms with van der Waals surface area (Å²) in [5, 5.41) is 0. The summed E-state index contributed by atoms with van der Waals surface area (Å²) in [7, 11) is 0. The molecule has 0 amide bonds. The van der Waals surface area contributed by atoms with E-state index in [1.807, 2.05) is 103 Å². The summed E-state index contributed by atoms with van der Waals surface area (Å²) in [6, 6.07) is 61.9. The summed E-state index contributed by atoms with van der Waals surface area (Å²) in [4.78, 5) is 34.9. The molecule has 6 nitrogen and oxygen atoms in total. The Labute approximate surface area is 332 Å². The fourth-order valence-corrected chi connectivity index (χ4v) is 8.89. The molecule has 264 valence electrons. The Bertz CT molecular complexity index is 2810. The average Bonchev–Trinajstić information content (AvgIpc) is 3.29. The molecule has 0 bridgehead atoms. The fraction of sp³-hybridized carbons (Fsp3) is 0. The second-order valence-corrected chi connectivity index (χ2v) is 15.4. The quantitative estimate of drug-likeness (QED) is 0.159. The number of nitrogens with zero attached hydrogens (tertiary/aromatic N) is 6. The van der Waals surface area contributed by atoms with Gasteiger partial charge in [-0.1, -0.05) is 163 Å². The van der Waals surface area contributed by atoms with Crippen LogP contribution >= 0.6 is 23.5 Å². The van der Waals surface area contributed by atoms with Gasteiger partial charge in [0.05, 0.1) is 0 Å². The smallest absolute Gasteiger partial charge is 0.164 e. The third-order valence-electron chi connectivity index (χ3n) is 9.43. The van der Waals surface area contributed by atoms with Crippen molar-refractivity contribution in [3.8, 4) is 79.5 Å². The number of aromatic nitrogens is 6. The van der Waals surface area contributed by atoms with Gasteiger partial charge in [-0.05, 0) is 53.6 Å². The molecule has 1 aliphatic rings. The van der Waals surface area contributed by atoms with Crippen molar-refractivity contribution in [2.75, 3.05) is 0 Å². The zero-order chi connectivity index (χ0) is 37.3. The summed E-state index contributed by atoms with van der Waals surface area (Å²) in [5.74, 6) is 3.73. The van der Waals surface area contributed by atoms with Crippen LogP contribution in [0, 0.1) is 0 Å². The molecule has 0 atom stereocenters. The topological polar surface area (TPSA) is 77.3 Å². The molecular formula is C48H30N6S2. The van der Waals surface area contributed by atoms with Crippen LogP contribution in [0.4, 0.5) is 0 Å². The van der Waals surface area contributed by atoms with Crippen LogP contribution in [0.15, 0.2) is 202 Å². The van der Waals surface area contributed by atoms with Crippen molar-refractivity contribution >= 4 is 23.5 Å². The van der Waals surface area contributed by atoms with Gasteiger partial charge in [0.2, 0.25) is 0 Å². The van der Waals surface area contributed by atoms with E-state index in [4.69, 9.17) is 29.9 Å². The standard InChI is InChI=1S/C48H30N6S2/c1-4-14-31(15-5-1)43-49-44(32-16-6-2-7-17-32)51-46(50-43)36-22-12-20-34(28-36)35-21-13-23-37(29-35)47-52-45(33-18-8-3-9-19-33)53-48(54-47)38-26-27-41-42(30-38)56-40-25-11-10-24-39(40)55-41/h1-30H. The van der Waals surface area contributed by atoms with E-state index in [9.17, 15) is 0 Å². The van der Waals surface area contributed by atoms with Crippen LogP contribution in [0.3, 0.4) is 0 Å². The molecule has 0 radical (unpaired) electrons. The maximum atomic E-state index is 5.10. The Morgan fingerprint density at radius 1 is 0.214 bits per heavy atom. The summed E-state index contributed by atoms with van der Waals surface area (Å²) in [6.45, 7) is 0. The fourth-order valence-electron chi connectivity index (χ4n) is 6.63. The van der Waals surface area contributed by atoms with Gasteiger partial charge in [-0.25, -0.2) is 29.9 Å². The Morgan fingerprint density at radius 3 is 0.946 bits per heavy atom. The van der Waals surface area contributed by atoms with Gasteiger partial charge in [-0.15, -0.1) is 0 Å². The monoisotopic (exact) mass is 754 g/mol. The minimum Gasteiger partial charge on any atom is -0.208 e. The predicted octanol–water partition coefficient (Wildman–Crippen LogP) is 12.3. The van der Waals surface area contributed by atoms with Crippen molar-refractivity contribution in [3.63, 3.8) is 0 Å². The highest BCUT2D eigenvalue weighted by molar-refractivity contribution is 8.05. The molecule has 7 aromatic carbocycles. The first-order chi connectivity index (χ1) is 27.7. The maximum absolute atomic E-state index is 5.10. The minimum atomic E-state index is 0.606. The van der Waals surface area contributed by atoms with Crippen molar-refractivity contribution in [3.05, 3.63) is 182 Å². The van der Waals surface area contributed by atoms with Crippen LogP contribution in [-0.2, 0) is 0 Å². The van der Waals surface area contributed by atoms with E-state index in [1.54, 1.807) is 23.5 Å². The van der Waals surface area contributed by atoms with Crippen molar-refractivity contribution in [2.45, 2.75) is 19.6 Å². The summed E-state index contributed by atoms with van der Waals surface area (Å²) in [5.41, 5.74) is 7.57. The van der Waals surface area contributed by atoms with Crippen molar-refractivity contribution in [1.29, 1.82) is 0 Å². The molecule has 2 aromatic heterocycles. The van der Waals surface area contributed by atoms with Gasteiger partial charge in [-0.3, -0.25) is 0 Å². The van der Waals surface area contributed by atoms with Crippen LogP contribution in [0.5, 0.6) is 0 Å². The Balaban J connectivity index is 1.04. The van der Waals surface area contributed by atoms with Crippen LogP contribution in [0.25, 0.3) is 79.5 Å². The lowest BCUT2D eigenvalue weighted by Crippen LogP contribution is -2.01. The third-order valence-corrected chi connectivity index (χ3v) is 12.0. The molecule has 0 aliphatic carbocycles. The minimum absolute atomic E-state index is 0.606. The SMILES string of the molecule is c1ccc(-c2nc(-c3ccccc3)nc(-c3cccc(-c4cccc(-c5nc(-c6ccccc6)nc(-c6ccc7c(c6)Sc6ccccc6S7)n5)c4)c3)n2)cc1. The van der Waals surface area contributed by atoms with E-state index in [1.165, 1.54) is 19.6 Å². The molecule has 0 unspecified atom stereocenters. The second kappa shape index (κ2) is 14.8. The third kappa shape index (κ3) is 6.88. The van der Waals surface area contributed by atoms with E-state index >= 15 is 0 Å². The highest BCUT2D eigenvalue weighted by atomic mass is 32.2. The van der Waals surface area contributed by atoms with E-state index in [0.29, 0.717) is 34.9 Å². The molecule has 0 spiro atoms. The Kier molecular flexibility index (Phi) is 8.95. The van der Waals surface area contributed by atoms with E-state index in [-0.39, 0.29) is 0 Å². The molecule has 10 rings (SSSR count). The van der Waals surface area contributed by atoms with Gasteiger partial charge in [0, 0.05) is 53.0 Å². The van der Waals surface area contributed by atoms with Gasteiger partial charge in [0.1, 0.15) is 0 Å². The number of fused-ring (bicyclic) bond motifs is 2. The zero-order valence-corrected chi connectivity index (χ0v) is 31.5. The molecule has 0 fully saturated rings. The molecule has 9 aromatic rings. The number of hydrogen-bond donors (Lipinski definition) is 0. The number of hydrogen-bond acceptors (Lipinski definition) is 8. The molecule has 0 N–H and O–H groups in total. The van der Waals surface area contributed by atoms with E-state index in [2.05, 4.69) is 78.9 Å². The van der Waals surface area contributed by atoms with Crippen molar-refractivity contribution in [2.24, 2.45) is 0 Å². The van der Waals surface area contributed by atoms with Gasteiger partial charge < -0.3 is 0 Å². The maximum Gasteiger partial charge on any atom is 0.164 e. The van der Waals surface area contributed by atoms with Crippen molar-refractivity contribution < 1.29 is 0 Å². The summed E-state index contributed by atoms with van der Waals surface area (Å²) >= 11 is 3.59. The lowest BCUT2D eigenvalue weighted by atomic mass is 10.0. The molecular weight excluding hydrogens is 725 g/mol. The predicted molar refractivity (Wildman–Crippen MR) is 226 cm³/mol. The number of rotatable bonds is 7. The molecule has 56 heavy (non-hydrogen) atoms. The lowest BCUT2D eigenvalue weighted by Gasteiger charge is -2.18. The highest BCUT2D eigenvalue weighted by Crippen LogP contribution is 2.49. The molecule has 0 saturated heterocycles. The first kappa shape index (κ1) is 33.8. The van der Waals surface area contributed by atoms with Gasteiger partial charge in [0.25, 0.3) is 0 Å². The Hall–Kier alpha value is -6.74. The first-order valence-corrected chi connectivity index (χ1v) is 19.8. The second-order valence-electron chi connectivity index (χ2n) is 13.2. The summed E-state index contributed by atoms with van der Waals surface area (Å²) < 4.78 is 0. The van der Waals surface area contributed by atoms with Crippen LogP contribution in [-0.4, -0.2) is 29.9 Å². The highest BCUT2D eigenvalue weighted by Gasteiger charge is 2.20. The van der Waals surface area contributed by atoms with Crippen molar-refractivity contribution in [1.82, 2.24) is 29.9 Å². The lowest BCUT2D eigenvalue weighted by molar-refractivity contribution is 1.07. The van der Waals surface area contributed by atoms with Crippen LogP contribution in [0.2, 0.25) is 0 Å². The van der Waals surface area contributed by atoms with E-state index in [0.717, 1.165) is 44.5 Å². The van der Waals surface area contributed by atoms with E-state index < -0.39 is 0 Å². The van der Waals surface area contributed by atoms with Crippen LogP contribution < -0.4 is 0 Å². The zero-order valence-electron chi connectivity index (χ0n) is 29.8. The average molecular weight is 755 g/mol. The van der Waals surface area contributed by atoms with Gasteiger partial charge in [0.15, 0.2) is 34.9 Å². The van der Waals surface area contributed by atoms with Gasteiger partial charge in [-0.2, -0.15) is 0 Å². The normalized spacial score (nSPS) is 11.8. The Morgan fingerprint density at radius 2 is 0.518 bits per heavy atom. The summed E-state index contributed by atoms with van der Waals surface area (Å²) in [6.07, 6.45) is 0. The molecule has 8 heteroatoms. The first-order valence-electron chi connectivity index (χ1n) is 18.2. The molecule has 3 heterocycles. The van der Waals surface area contributed by atoms with Gasteiger partial charge >= 0.3 is 0 Å². The van der Waals surface area contributed by atoms with Crippen LogP contribution in [0.1, 0.15) is 0 Å². The molecule has 1 aliphatic heterocycles. The number of benzene rings is 7. The molecule has 0 saturated carbocycles.